The van der Waals surface area contributed by atoms with Crippen LogP contribution in [0.2, 0.25) is 0 Å². The molecule has 0 aliphatic carbocycles. The number of hydrogen-bond acceptors (Lipinski definition) is 2. The number of benzene rings is 1. The molecule has 0 amide bonds. The first-order valence-corrected chi connectivity index (χ1v) is 7.09. The summed E-state index contributed by atoms with van der Waals surface area (Å²) in [4.78, 5) is 13.4. The van der Waals surface area contributed by atoms with Gasteiger partial charge in [0.05, 0.1) is 5.92 Å². The maximum Gasteiger partial charge on any atom is 0.310 e. The van der Waals surface area contributed by atoms with Crippen molar-refractivity contribution in [1.29, 1.82) is 0 Å². The third-order valence-electron chi connectivity index (χ3n) is 4.23. The first kappa shape index (κ1) is 14.1. The number of rotatable bonds is 3. The Bertz CT molecular complexity index is 427. The Kier molecular flexibility index (Phi) is 4.59. The average molecular weight is 261 g/mol. The Hall–Kier alpha value is -1.35. The summed E-state index contributed by atoms with van der Waals surface area (Å²) < 4.78 is 0. The lowest BCUT2D eigenvalue weighted by Gasteiger charge is -2.16. The SMILES string of the molecule is CC(C(=O)O)c1ccc(C2CCCN(C)CC2)cc1. The molecule has 3 heteroatoms. The number of aliphatic carboxylic acids is 1. The van der Waals surface area contributed by atoms with E-state index >= 15 is 0 Å². The second kappa shape index (κ2) is 6.20. The van der Waals surface area contributed by atoms with Crippen LogP contribution in [0.3, 0.4) is 0 Å². The van der Waals surface area contributed by atoms with Gasteiger partial charge in [0.25, 0.3) is 0 Å². The van der Waals surface area contributed by atoms with Crippen LogP contribution in [0, 0.1) is 0 Å². The molecule has 0 bridgehead atoms. The van der Waals surface area contributed by atoms with Gasteiger partial charge >= 0.3 is 5.97 Å². The third kappa shape index (κ3) is 3.57. The highest BCUT2D eigenvalue weighted by atomic mass is 16.4. The quantitative estimate of drug-likeness (QED) is 0.909. The van der Waals surface area contributed by atoms with E-state index in [2.05, 4.69) is 24.1 Å². The molecule has 0 aromatic heterocycles. The number of hydrogen-bond donors (Lipinski definition) is 1. The predicted molar refractivity (Wildman–Crippen MR) is 76.6 cm³/mol. The molecule has 2 unspecified atom stereocenters. The molecule has 1 aliphatic rings. The molecule has 104 valence electrons. The number of carbonyl (C=O) groups is 1. The standard InChI is InChI=1S/C16H23NO2/c1-12(16(18)19)13-5-7-15(8-6-13)14-4-3-10-17(2)11-9-14/h5-8,12,14H,3-4,9-11H2,1-2H3,(H,18,19). The maximum absolute atomic E-state index is 11.0. The van der Waals surface area contributed by atoms with Crippen LogP contribution in [0.5, 0.6) is 0 Å². The molecule has 2 atom stereocenters. The van der Waals surface area contributed by atoms with E-state index in [1.165, 1.54) is 31.4 Å². The molecule has 1 aliphatic heterocycles. The van der Waals surface area contributed by atoms with Gasteiger partial charge in [0.1, 0.15) is 0 Å². The summed E-state index contributed by atoms with van der Waals surface area (Å²) in [6, 6.07) is 8.18. The number of nitrogens with zero attached hydrogens (tertiary/aromatic N) is 1. The van der Waals surface area contributed by atoms with Gasteiger partial charge in [0.15, 0.2) is 0 Å². The van der Waals surface area contributed by atoms with Gasteiger partial charge in [-0.2, -0.15) is 0 Å². The highest BCUT2D eigenvalue weighted by Crippen LogP contribution is 2.28. The minimum Gasteiger partial charge on any atom is -0.481 e. The molecule has 1 saturated heterocycles. The fourth-order valence-corrected chi connectivity index (χ4v) is 2.77. The molecule has 1 heterocycles. The Labute approximate surface area is 115 Å². The highest BCUT2D eigenvalue weighted by molar-refractivity contribution is 5.75. The molecule has 0 saturated carbocycles. The van der Waals surface area contributed by atoms with Crippen LogP contribution in [-0.2, 0) is 4.79 Å². The van der Waals surface area contributed by atoms with E-state index in [-0.39, 0.29) is 0 Å². The lowest BCUT2D eigenvalue weighted by atomic mass is 9.90. The second-order valence-corrected chi connectivity index (χ2v) is 5.66. The second-order valence-electron chi connectivity index (χ2n) is 5.66. The summed E-state index contributed by atoms with van der Waals surface area (Å²) in [6.45, 7) is 4.07. The zero-order valence-electron chi connectivity index (χ0n) is 11.8. The van der Waals surface area contributed by atoms with Crippen molar-refractivity contribution in [3.05, 3.63) is 35.4 Å². The van der Waals surface area contributed by atoms with Crippen LogP contribution in [0.15, 0.2) is 24.3 Å². The van der Waals surface area contributed by atoms with E-state index in [9.17, 15) is 4.79 Å². The van der Waals surface area contributed by atoms with Crippen molar-refractivity contribution in [2.24, 2.45) is 0 Å². The molecule has 1 aromatic rings. The van der Waals surface area contributed by atoms with Crippen LogP contribution < -0.4 is 0 Å². The lowest BCUT2D eigenvalue weighted by molar-refractivity contribution is -0.138. The van der Waals surface area contributed by atoms with Gasteiger partial charge in [-0.3, -0.25) is 4.79 Å². The normalized spacial score (nSPS) is 22.7. The molecular weight excluding hydrogens is 238 g/mol. The Morgan fingerprint density at radius 3 is 2.58 bits per heavy atom. The van der Waals surface area contributed by atoms with Crippen LogP contribution in [0.4, 0.5) is 0 Å². The highest BCUT2D eigenvalue weighted by Gasteiger charge is 2.18. The lowest BCUT2D eigenvalue weighted by Crippen LogP contribution is -2.18. The Balaban J connectivity index is 2.07. The van der Waals surface area contributed by atoms with E-state index in [0.29, 0.717) is 5.92 Å². The summed E-state index contributed by atoms with van der Waals surface area (Å²) in [6.07, 6.45) is 3.68. The number of likely N-dealkylation sites (tertiary alicyclic amines) is 1. The van der Waals surface area contributed by atoms with Gasteiger partial charge in [0.2, 0.25) is 0 Å². The van der Waals surface area contributed by atoms with Gasteiger partial charge in [-0.1, -0.05) is 24.3 Å². The molecule has 1 N–H and O–H groups in total. The summed E-state index contributed by atoms with van der Waals surface area (Å²) in [7, 11) is 2.18. The zero-order valence-corrected chi connectivity index (χ0v) is 11.8. The predicted octanol–water partition coefficient (Wildman–Crippen LogP) is 3.07. The van der Waals surface area contributed by atoms with Gasteiger partial charge in [-0.15, -0.1) is 0 Å². The molecular formula is C16H23NO2. The fraction of sp³-hybridized carbons (Fsp3) is 0.562. The van der Waals surface area contributed by atoms with Crippen molar-refractivity contribution in [3.63, 3.8) is 0 Å². The molecule has 1 fully saturated rings. The van der Waals surface area contributed by atoms with Gasteiger partial charge < -0.3 is 10.0 Å². The van der Waals surface area contributed by atoms with E-state index in [4.69, 9.17) is 5.11 Å². The minimum atomic E-state index is -0.760. The molecule has 3 nitrogen and oxygen atoms in total. The third-order valence-corrected chi connectivity index (χ3v) is 4.23. The van der Waals surface area contributed by atoms with Crippen LogP contribution >= 0.6 is 0 Å². The van der Waals surface area contributed by atoms with Crippen molar-refractivity contribution >= 4 is 5.97 Å². The van der Waals surface area contributed by atoms with E-state index < -0.39 is 11.9 Å². The fourth-order valence-electron chi connectivity index (χ4n) is 2.77. The smallest absolute Gasteiger partial charge is 0.310 e. The topological polar surface area (TPSA) is 40.5 Å². The van der Waals surface area contributed by atoms with Crippen LogP contribution in [-0.4, -0.2) is 36.1 Å². The van der Waals surface area contributed by atoms with Gasteiger partial charge in [-0.25, -0.2) is 0 Å². The average Bonchev–Trinajstić information content (AvgIpc) is 2.63. The van der Waals surface area contributed by atoms with Crippen molar-refractivity contribution in [2.45, 2.75) is 38.0 Å². The first-order valence-electron chi connectivity index (χ1n) is 7.09. The number of carboxylic acid groups (broad SMARTS) is 1. The molecule has 1 aromatic carbocycles. The van der Waals surface area contributed by atoms with Crippen LogP contribution in [0.1, 0.15) is 49.1 Å². The molecule has 2 rings (SSSR count). The molecule has 19 heavy (non-hydrogen) atoms. The Morgan fingerprint density at radius 2 is 1.95 bits per heavy atom. The summed E-state index contributed by atoms with van der Waals surface area (Å²) in [5, 5.41) is 9.01. The van der Waals surface area contributed by atoms with E-state index in [1.54, 1.807) is 6.92 Å². The van der Waals surface area contributed by atoms with Crippen molar-refractivity contribution in [3.8, 4) is 0 Å². The van der Waals surface area contributed by atoms with E-state index in [1.807, 2.05) is 12.1 Å². The molecule has 0 radical (unpaired) electrons. The monoisotopic (exact) mass is 261 g/mol. The van der Waals surface area contributed by atoms with Crippen molar-refractivity contribution in [1.82, 2.24) is 4.90 Å². The Morgan fingerprint density at radius 1 is 1.26 bits per heavy atom. The van der Waals surface area contributed by atoms with E-state index in [0.717, 1.165) is 12.1 Å². The minimum absolute atomic E-state index is 0.422. The zero-order chi connectivity index (χ0) is 13.8. The largest absolute Gasteiger partial charge is 0.481 e. The molecule has 0 spiro atoms. The first-order chi connectivity index (χ1) is 9.08. The summed E-state index contributed by atoms with van der Waals surface area (Å²) >= 11 is 0. The summed E-state index contributed by atoms with van der Waals surface area (Å²) in [5.41, 5.74) is 2.25. The maximum atomic E-state index is 11.0. The van der Waals surface area contributed by atoms with Gasteiger partial charge in [0, 0.05) is 0 Å². The van der Waals surface area contributed by atoms with Crippen molar-refractivity contribution in [2.75, 3.05) is 20.1 Å². The van der Waals surface area contributed by atoms with Gasteiger partial charge in [-0.05, 0) is 63.4 Å². The number of carboxylic acids is 1. The summed E-state index contributed by atoms with van der Waals surface area (Å²) in [5.74, 6) is -0.558. The van der Waals surface area contributed by atoms with Crippen molar-refractivity contribution < 1.29 is 9.90 Å². The van der Waals surface area contributed by atoms with Crippen LogP contribution in [0.25, 0.3) is 0 Å².